The van der Waals surface area contributed by atoms with Crippen LogP contribution in [0.5, 0.6) is 0 Å². The Hall–Kier alpha value is 0.290. The van der Waals surface area contributed by atoms with Gasteiger partial charge in [0.05, 0.1) is 0 Å². The van der Waals surface area contributed by atoms with Gasteiger partial charge in [-0.3, -0.25) is 0 Å². The standard InChI is InChI=1S/C10H21Cl/c1-6-7-8-9(2,3)10(4,5)11/h6-8H2,1-5H3. The van der Waals surface area contributed by atoms with Gasteiger partial charge in [-0.1, -0.05) is 33.6 Å². The van der Waals surface area contributed by atoms with Crippen molar-refractivity contribution >= 4 is 11.6 Å². The molecule has 0 aromatic rings. The van der Waals surface area contributed by atoms with Gasteiger partial charge < -0.3 is 0 Å². The average molecular weight is 177 g/mol. The Morgan fingerprint density at radius 1 is 1.09 bits per heavy atom. The molecule has 0 aliphatic carbocycles. The van der Waals surface area contributed by atoms with Gasteiger partial charge in [0, 0.05) is 4.87 Å². The van der Waals surface area contributed by atoms with Crippen LogP contribution >= 0.6 is 11.6 Å². The van der Waals surface area contributed by atoms with Gasteiger partial charge in [-0.05, 0) is 25.7 Å². The molecule has 0 heterocycles. The fraction of sp³-hybridized carbons (Fsp3) is 1.00. The summed E-state index contributed by atoms with van der Waals surface area (Å²) in [6.45, 7) is 10.9. The van der Waals surface area contributed by atoms with Gasteiger partial charge in [-0.2, -0.15) is 0 Å². The Bertz CT molecular complexity index is 109. The number of hydrogen-bond acceptors (Lipinski definition) is 0. The van der Waals surface area contributed by atoms with E-state index in [-0.39, 0.29) is 10.3 Å². The summed E-state index contributed by atoms with van der Waals surface area (Å²) in [7, 11) is 0. The molecule has 1 heteroatoms. The molecule has 0 aliphatic rings. The van der Waals surface area contributed by atoms with E-state index in [1.807, 2.05) is 0 Å². The first kappa shape index (κ1) is 11.3. The van der Waals surface area contributed by atoms with E-state index < -0.39 is 0 Å². The van der Waals surface area contributed by atoms with Crippen molar-refractivity contribution in [2.45, 2.75) is 58.8 Å². The van der Waals surface area contributed by atoms with Gasteiger partial charge in [-0.25, -0.2) is 0 Å². The predicted octanol–water partition coefficient (Wildman–Crippen LogP) is 4.22. The minimum absolute atomic E-state index is 0.0812. The first-order chi connectivity index (χ1) is 4.81. The van der Waals surface area contributed by atoms with Gasteiger partial charge >= 0.3 is 0 Å². The quantitative estimate of drug-likeness (QED) is 0.563. The topological polar surface area (TPSA) is 0 Å². The Morgan fingerprint density at radius 2 is 1.55 bits per heavy atom. The third-order valence-electron chi connectivity index (χ3n) is 2.76. The summed E-state index contributed by atoms with van der Waals surface area (Å²) in [4.78, 5) is -0.0812. The second-order valence-electron chi connectivity index (χ2n) is 4.46. The summed E-state index contributed by atoms with van der Waals surface area (Å²) in [5, 5.41) is 0. The monoisotopic (exact) mass is 176 g/mol. The van der Waals surface area contributed by atoms with E-state index in [4.69, 9.17) is 11.6 Å². The normalized spacial score (nSPS) is 13.6. The van der Waals surface area contributed by atoms with Crippen molar-refractivity contribution in [1.29, 1.82) is 0 Å². The van der Waals surface area contributed by atoms with E-state index in [0.29, 0.717) is 0 Å². The average Bonchev–Trinajstić information content (AvgIpc) is 1.81. The zero-order valence-corrected chi connectivity index (χ0v) is 9.26. The van der Waals surface area contributed by atoms with Gasteiger partial charge in [-0.15, -0.1) is 11.6 Å². The molecule has 0 spiro atoms. The highest BCUT2D eigenvalue weighted by atomic mass is 35.5. The van der Waals surface area contributed by atoms with E-state index in [1.54, 1.807) is 0 Å². The van der Waals surface area contributed by atoms with Crippen molar-refractivity contribution in [1.82, 2.24) is 0 Å². The lowest BCUT2D eigenvalue weighted by Crippen LogP contribution is -2.33. The van der Waals surface area contributed by atoms with Crippen LogP contribution in [0, 0.1) is 5.41 Å². The Kier molecular flexibility index (Phi) is 3.90. The summed E-state index contributed by atoms with van der Waals surface area (Å²) in [5.74, 6) is 0. The minimum Gasteiger partial charge on any atom is -0.119 e. The molecule has 0 unspecified atom stereocenters. The first-order valence-electron chi connectivity index (χ1n) is 4.50. The maximum absolute atomic E-state index is 6.26. The summed E-state index contributed by atoms with van der Waals surface area (Å²) in [6.07, 6.45) is 3.76. The third-order valence-corrected chi connectivity index (χ3v) is 3.28. The van der Waals surface area contributed by atoms with Crippen LogP contribution in [0.25, 0.3) is 0 Å². The summed E-state index contributed by atoms with van der Waals surface area (Å²) in [6, 6.07) is 0. The highest BCUT2D eigenvalue weighted by molar-refractivity contribution is 6.23. The molecule has 0 aliphatic heterocycles. The maximum Gasteiger partial charge on any atom is 0.0441 e. The maximum atomic E-state index is 6.26. The number of halogens is 1. The molecule has 0 atom stereocenters. The van der Waals surface area contributed by atoms with E-state index in [2.05, 4.69) is 34.6 Å². The summed E-state index contributed by atoms with van der Waals surface area (Å²) < 4.78 is 0. The smallest absolute Gasteiger partial charge is 0.0441 e. The Morgan fingerprint density at radius 3 is 1.82 bits per heavy atom. The number of alkyl halides is 1. The molecule has 68 valence electrons. The van der Waals surface area contributed by atoms with Crippen LogP contribution in [-0.4, -0.2) is 4.87 Å². The highest BCUT2D eigenvalue weighted by Gasteiger charge is 2.33. The molecule has 0 fully saturated rings. The van der Waals surface area contributed by atoms with Crippen LogP contribution < -0.4 is 0 Å². The first-order valence-corrected chi connectivity index (χ1v) is 4.88. The van der Waals surface area contributed by atoms with Gasteiger partial charge in [0.25, 0.3) is 0 Å². The lowest BCUT2D eigenvalue weighted by Gasteiger charge is -2.36. The molecule has 0 aromatic heterocycles. The largest absolute Gasteiger partial charge is 0.119 e. The molecule has 0 rings (SSSR count). The number of unbranched alkanes of at least 4 members (excludes halogenated alkanes) is 1. The van der Waals surface area contributed by atoms with Crippen LogP contribution in [0.1, 0.15) is 53.9 Å². The molecule has 0 nitrogen and oxygen atoms in total. The molecule has 0 aromatic carbocycles. The molecule has 0 radical (unpaired) electrons. The molecule has 0 amide bonds. The summed E-state index contributed by atoms with van der Waals surface area (Å²) in [5.41, 5.74) is 0.255. The number of rotatable bonds is 4. The van der Waals surface area contributed by atoms with E-state index in [9.17, 15) is 0 Å². The van der Waals surface area contributed by atoms with E-state index in [0.717, 1.165) is 0 Å². The lowest BCUT2D eigenvalue weighted by molar-refractivity contribution is 0.247. The van der Waals surface area contributed by atoms with Crippen molar-refractivity contribution in [2.24, 2.45) is 5.41 Å². The van der Waals surface area contributed by atoms with Gasteiger partial charge in [0.1, 0.15) is 0 Å². The fourth-order valence-electron chi connectivity index (χ4n) is 0.916. The van der Waals surface area contributed by atoms with Crippen LogP contribution in [0.4, 0.5) is 0 Å². The van der Waals surface area contributed by atoms with Crippen LogP contribution in [-0.2, 0) is 0 Å². The SMILES string of the molecule is CCCCC(C)(C)C(C)(C)Cl. The Balaban J connectivity index is 4.00. The molecular weight excluding hydrogens is 156 g/mol. The molecular formula is C10H21Cl. The molecule has 0 saturated heterocycles. The highest BCUT2D eigenvalue weighted by Crippen LogP contribution is 2.40. The van der Waals surface area contributed by atoms with Crippen molar-refractivity contribution in [3.05, 3.63) is 0 Å². The van der Waals surface area contributed by atoms with Crippen molar-refractivity contribution in [3.63, 3.8) is 0 Å². The second-order valence-corrected chi connectivity index (χ2v) is 5.40. The molecule has 0 N–H and O–H groups in total. The molecule has 0 bridgehead atoms. The van der Waals surface area contributed by atoms with Crippen molar-refractivity contribution in [3.8, 4) is 0 Å². The third kappa shape index (κ3) is 3.46. The van der Waals surface area contributed by atoms with Crippen LogP contribution in [0.15, 0.2) is 0 Å². The zero-order chi connectivity index (χ0) is 9.12. The Labute approximate surface area is 76.3 Å². The predicted molar refractivity (Wildman–Crippen MR) is 53.2 cm³/mol. The van der Waals surface area contributed by atoms with E-state index in [1.165, 1.54) is 19.3 Å². The second kappa shape index (κ2) is 3.80. The molecule has 11 heavy (non-hydrogen) atoms. The van der Waals surface area contributed by atoms with Gasteiger partial charge in [0.2, 0.25) is 0 Å². The lowest BCUT2D eigenvalue weighted by atomic mass is 9.76. The van der Waals surface area contributed by atoms with Crippen LogP contribution in [0.3, 0.4) is 0 Å². The minimum atomic E-state index is -0.0812. The van der Waals surface area contributed by atoms with Gasteiger partial charge in [0.15, 0.2) is 0 Å². The van der Waals surface area contributed by atoms with Crippen LogP contribution in [0.2, 0.25) is 0 Å². The van der Waals surface area contributed by atoms with E-state index >= 15 is 0 Å². The van der Waals surface area contributed by atoms with Crippen molar-refractivity contribution < 1.29 is 0 Å². The zero-order valence-electron chi connectivity index (χ0n) is 8.50. The van der Waals surface area contributed by atoms with Crippen molar-refractivity contribution in [2.75, 3.05) is 0 Å². The molecule has 0 saturated carbocycles. The number of hydrogen-bond donors (Lipinski definition) is 0. The fourth-order valence-corrected chi connectivity index (χ4v) is 1.01. The summed E-state index contributed by atoms with van der Waals surface area (Å²) >= 11 is 6.26.